The number of hydrogen-bond donors (Lipinski definition) is 0. The normalized spacial score (nSPS) is 19.7. The monoisotopic (exact) mass is 239 g/mol. The zero-order valence-corrected chi connectivity index (χ0v) is 9.91. The van der Waals surface area contributed by atoms with E-state index in [0.29, 0.717) is 13.2 Å². The van der Waals surface area contributed by atoms with Gasteiger partial charge in [0, 0.05) is 18.1 Å². The van der Waals surface area contributed by atoms with Gasteiger partial charge in [-0.1, -0.05) is 24.3 Å². The van der Waals surface area contributed by atoms with Crippen LogP contribution in [0.3, 0.4) is 0 Å². The highest BCUT2D eigenvalue weighted by Crippen LogP contribution is 2.25. The van der Waals surface area contributed by atoms with Crippen LogP contribution in [0.1, 0.15) is 0 Å². The molecule has 1 saturated heterocycles. The van der Waals surface area contributed by atoms with Gasteiger partial charge in [0.1, 0.15) is 5.82 Å². The molecular weight excluding hydrogens is 226 g/mol. The Hall–Kier alpha value is -2.12. The lowest BCUT2D eigenvalue weighted by molar-refractivity contribution is 0.0762. The summed E-state index contributed by atoms with van der Waals surface area (Å²) in [6.45, 7) is 1.93. The van der Waals surface area contributed by atoms with Crippen LogP contribution in [0.2, 0.25) is 0 Å². The molecule has 1 aromatic heterocycles. The van der Waals surface area contributed by atoms with Gasteiger partial charge in [0.25, 0.3) is 0 Å². The Bertz CT molecular complexity index is 600. The van der Waals surface area contributed by atoms with Crippen LogP contribution in [0.4, 0.5) is 5.82 Å². The first-order valence-corrected chi connectivity index (χ1v) is 5.98. The molecular formula is C14H13N3O. The highest BCUT2D eigenvalue weighted by molar-refractivity contribution is 5.92. The summed E-state index contributed by atoms with van der Waals surface area (Å²) in [5.41, 5.74) is 0. The SMILES string of the molecule is N#CC1CN(c2nccc3ccccc23)CCO1. The third-order valence-electron chi connectivity index (χ3n) is 3.16. The Morgan fingerprint density at radius 2 is 2.22 bits per heavy atom. The number of fused-ring (bicyclic) bond motifs is 1. The Morgan fingerprint density at radius 1 is 1.33 bits per heavy atom. The van der Waals surface area contributed by atoms with Crippen molar-refractivity contribution in [3.63, 3.8) is 0 Å². The van der Waals surface area contributed by atoms with E-state index < -0.39 is 0 Å². The van der Waals surface area contributed by atoms with Gasteiger partial charge in [-0.3, -0.25) is 0 Å². The Labute approximate surface area is 105 Å². The van der Waals surface area contributed by atoms with Crippen LogP contribution in [0.15, 0.2) is 36.5 Å². The summed E-state index contributed by atoms with van der Waals surface area (Å²) < 4.78 is 5.36. The van der Waals surface area contributed by atoms with E-state index >= 15 is 0 Å². The van der Waals surface area contributed by atoms with Gasteiger partial charge in [-0.15, -0.1) is 0 Å². The van der Waals surface area contributed by atoms with Crippen molar-refractivity contribution in [2.75, 3.05) is 24.6 Å². The number of anilines is 1. The molecule has 1 aliphatic heterocycles. The van der Waals surface area contributed by atoms with Gasteiger partial charge in [0.2, 0.25) is 0 Å². The molecule has 0 N–H and O–H groups in total. The van der Waals surface area contributed by atoms with Crippen molar-refractivity contribution in [2.45, 2.75) is 6.10 Å². The van der Waals surface area contributed by atoms with Gasteiger partial charge in [0.05, 0.1) is 19.2 Å². The van der Waals surface area contributed by atoms with E-state index in [-0.39, 0.29) is 6.10 Å². The minimum absolute atomic E-state index is 0.362. The molecule has 0 saturated carbocycles. The molecule has 1 aromatic carbocycles. The number of pyridine rings is 1. The lowest BCUT2D eigenvalue weighted by Crippen LogP contribution is -2.42. The van der Waals surface area contributed by atoms with Crippen LogP contribution in [0, 0.1) is 11.3 Å². The first-order valence-electron chi connectivity index (χ1n) is 5.98. The summed E-state index contributed by atoms with van der Waals surface area (Å²) >= 11 is 0. The third kappa shape index (κ3) is 1.89. The molecule has 1 fully saturated rings. The zero-order valence-electron chi connectivity index (χ0n) is 9.91. The molecule has 1 unspecified atom stereocenters. The highest BCUT2D eigenvalue weighted by Gasteiger charge is 2.22. The smallest absolute Gasteiger partial charge is 0.161 e. The van der Waals surface area contributed by atoms with E-state index in [1.807, 2.05) is 24.4 Å². The average Bonchev–Trinajstić information content (AvgIpc) is 2.47. The van der Waals surface area contributed by atoms with Crippen molar-refractivity contribution in [2.24, 2.45) is 0 Å². The number of nitrogens with zero attached hydrogens (tertiary/aromatic N) is 3. The molecule has 0 bridgehead atoms. The maximum absolute atomic E-state index is 8.95. The van der Waals surface area contributed by atoms with Crippen LogP contribution in [-0.4, -0.2) is 30.8 Å². The molecule has 2 heterocycles. The van der Waals surface area contributed by atoms with Crippen molar-refractivity contribution >= 4 is 16.6 Å². The fourth-order valence-corrected chi connectivity index (χ4v) is 2.28. The van der Waals surface area contributed by atoms with Gasteiger partial charge in [-0.25, -0.2) is 4.98 Å². The van der Waals surface area contributed by atoms with Crippen LogP contribution in [0.5, 0.6) is 0 Å². The van der Waals surface area contributed by atoms with Gasteiger partial charge in [0.15, 0.2) is 6.10 Å². The highest BCUT2D eigenvalue weighted by atomic mass is 16.5. The van der Waals surface area contributed by atoms with E-state index in [1.54, 1.807) is 0 Å². The fraction of sp³-hybridized carbons (Fsp3) is 0.286. The molecule has 0 amide bonds. The lowest BCUT2D eigenvalue weighted by Gasteiger charge is -2.31. The summed E-state index contributed by atoms with van der Waals surface area (Å²) in [4.78, 5) is 6.58. The lowest BCUT2D eigenvalue weighted by atomic mass is 10.1. The second-order valence-electron chi connectivity index (χ2n) is 4.29. The predicted octanol–water partition coefficient (Wildman–Crippen LogP) is 1.96. The Morgan fingerprint density at radius 3 is 3.11 bits per heavy atom. The number of ether oxygens (including phenoxy) is 1. The maximum atomic E-state index is 8.95. The van der Waals surface area contributed by atoms with Crippen LogP contribution in [0.25, 0.3) is 10.8 Å². The molecule has 90 valence electrons. The summed E-state index contributed by atoms with van der Waals surface area (Å²) in [5.74, 6) is 0.941. The van der Waals surface area contributed by atoms with Crippen LogP contribution < -0.4 is 4.90 Å². The summed E-state index contributed by atoms with van der Waals surface area (Å²) in [6, 6.07) is 12.3. The first-order chi connectivity index (χ1) is 8.88. The molecule has 1 atom stereocenters. The second-order valence-corrected chi connectivity index (χ2v) is 4.29. The minimum Gasteiger partial charge on any atom is -0.360 e. The number of morpholine rings is 1. The molecule has 0 radical (unpaired) electrons. The summed E-state index contributed by atoms with van der Waals surface area (Å²) in [5, 5.41) is 11.2. The largest absolute Gasteiger partial charge is 0.360 e. The zero-order chi connectivity index (χ0) is 12.4. The standard InChI is InChI=1S/C14H13N3O/c15-9-12-10-17(7-8-18-12)14-13-4-2-1-3-11(13)5-6-16-14/h1-6,12H,7-8,10H2. The second kappa shape index (κ2) is 4.63. The van der Waals surface area contributed by atoms with Gasteiger partial charge < -0.3 is 9.64 Å². The molecule has 4 nitrogen and oxygen atoms in total. The molecule has 18 heavy (non-hydrogen) atoms. The minimum atomic E-state index is -0.362. The quantitative estimate of drug-likeness (QED) is 0.763. The van der Waals surface area contributed by atoms with Crippen LogP contribution in [-0.2, 0) is 4.74 Å². The molecule has 2 aromatic rings. The van der Waals surface area contributed by atoms with Crippen molar-refractivity contribution in [3.8, 4) is 6.07 Å². The summed E-state index contributed by atoms with van der Waals surface area (Å²) in [7, 11) is 0. The van der Waals surface area contributed by atoms with E-state index in [1.165, 1.54) is 5.39 Å². The van der Waals surface area contributed by atoms with Crippen molar-refractivity contribution in [3.05, 3.63) is 36.5 Å². The topological polar surface area (TPSA) is 49.2 Å². The number of benzene rings is 1. The average molecular weight is 239 g/mol. The number of nitriles is 1. The van der Waals surface area contributed by atoms with E-state index in [9.17, 15) is 0 Å². The van der Waals surface area contributed by atoms with Gasteiger partial charge >= 0.3 is 0 Å². The van der Waals surface area contributed by atoms with E-state index in [0.717, 1.165) is 17.7 Å². The Kier molecular flexibility index (Phi) is 2.83. The maximum Gasteiger partial charge on any atom is 0.161 e. The molecule has 1 aliphatic rings. The summed E-state index contributed by atoms with van der Waals surface area (Å²) in [6.07, 6.45) is 1.45. The van der Waals surface area contributed by atoms with Gasteiger partial charge in [-0.05, 0) is 11.5 Å². The predicted molar refractivity (Wildman–Crippen MR) is 69.3 cm³/mol. The van der Waals surface area contributed by atoms with Crippen molar-refractivity contribution < 1.29 is 4.74 Å². The number of rotatable bonds is 1. The molecule has 4 heteroatoms. The number of hydrogen-bond acceptors (Lipinski definition) is 4. The Balaban J connectivity index is 2.01. The third-order valence-corrected chi connectivity index (χ3v) is 3.16. The molecule has 0 spiro atoms. The van der Waals surface area contributed by atoms with Crippen molar-refractivity contribution in [1.29, 1.82) is 5.26 Å². The van der Waals surface area contributed by atoms with Gasteiger partial charge in [-0.2, -0.15) is 5.26 Å². The first kappa shape index (κ1) is 11.0. The van der Waals surface area contributed by atoms with E-state index in [2.05, 4.69) is 28.1 Å². The molecule has 3 rings (SSSR count). The van der Waals surface area contributed by atoms with Crippen LogP contribution >= 0.6 is 0 Å². The fourth-order valence-electron chi connectivity index (χ4n) is 2.28. The van der Waals surface area contributed by atoms with Crippen molar-refractivity contribution in [1.82, 2.24) is 4.98 Å². The molecule has 0 aliphatic carbocycles. The van der Waals surface area contributed by atoms with E-state index in [4.69, 9.17) is 10.00 Å². The number of aromatic nitrogens is 1.